The number of benzene rings is 1. The van der Waals surface area contributed by atoms with Crippen molar-refractivity contribution in [2.45, 2.75) is 39.7 Å². The summed E-state index contributed by atoms with van der Waals surface area (Å²) in [5.41, 5.74) is 9.32. The number of likely N-dealkylation sites (tertiary alicyclic amines) is 1. The van der Waals surface area contributed by atoms with Gasteiger partial charge in [0.1, 0.15) is 0 Å². The average molecular weight is 246 g/mol. The average Bonchev–Trinajstić information content (AvgIpc) is 2.28. The third-order valence-electron chi connectivity index (χ3n) is 3.94. The first-order valence-electron chi connectivity index (χ1n) is 7.01. The molecule has 1 aliphatic heterocycles. The minimum atomic E-state index is 0.138. The molecule has 0 amide bonds. The molecular formula is C16H26N2. The molecule has 1 aliphatic rings. The van der Waals surface area contributed by atoms with E-state index in [-0.39, 0.29) is 6.04 Å². The highest BCUT2D eigenvalue weighted by Crippen LogP contribution is 2.29. The van der Waals surface area contributed by atoms with E-state index in [1.165, 1.54) is 37.1 Å². The fraction of sp³-hybridized carbons (Fsp3) is 0.625. The first-order chi connectivity index (χ1) is 8.46. The lowest BCUT2D eigenvalue weighted by Gasteiger charge is -2.39. The SMILES string of the molecule is Cc1ccc(C(N)CN2CCCC(C)(C)C2)cc1. The van der Waals surface area contributed by atoms with Gasteiger partial charge in [-0.15, -0.1) is 0 Å². The van der Waals surface area contributed by atoms with Gasteiger partial charge in [-0.05, 0) is 37.3 Å². The van der Waals surface area contributed by atoms with Crippen LogP contribution in [0.5, 0.6) is 0 Å². The van der Waals surface area contributed by atoms with E-state index in [0.717, 1.165) is 6.54 Å². The second-order valence-electron chi connectivity index (χ2n) is 6.52. The molecule has 0 bridgehead atoms. The van der Waals surface area contributed by atoms with Crippen molar-refractivity contribution in [1.82, 2.24) is 4.90 Å². The summed E-state index contributed by atoms with van der Waals surface area (Å²) in [4.78, 5) is 2.52. The molecule has 0 saturated carbocycles. The van der Waals surface area contributed by atoms with Crippen LogP contribution >= 0.6 is 0 Å². The maximum absolute atomic E-state index is 6.32. The van der Waals surface area contributed by atoms with Crippen LogP contribution in [0.25, 0.3) is 0 Å². The zero-order valence-corrected chi connectivity index (χ0v) is 11.9. The molecule has 2 nitrogen and oxygen atoms in total. The van der Waals surface area contributed by atoms with E-state index in [2.05, 4.69) is 49.9 Å². The fourth-order valence-electron chi connectivity index (χ4n) is 2.90. The topological polar surface area (TPSA) is 29.3 Å². The minimum absolute atomic E-state index is 0.138. The Morgan fingerprint density at radius 1 is 1.28 bits per heavy atom. The normalized spacial score (nSPS) is 21.8. The molecule has 0 radical (unpaired) electrons. The van der Waals surface area contributed by atoms with Crippen LogP contribution in [-0.2, 0) is 0 Å². The molecule has 1 aromatic rings. The maximum atomic E-state index is 6.32. The smallest absolute Gasteiger partial charge is 0.0424 e. The Morgan fingerprint density at radius 2 is 1.94 bits per heavy atom. The first-order valence-corrected chi connectivity index (χ1v) is 7.01. The number of hydrogen-bond donors (Lipinski definition) is 1. The number of aryl methyl sites for hydroxylation is 1. The summed E-state index contributed by atoms with van der Waals surface area (Å²) in [7, 11) is 0. The van der Waals surface area contributed by atoms with Gasteiger partial charge in [0.15, 0.2) is 0 Å². The number of hydrogen-bond acceptors (Lipinski definition) is 2. The molecule has 18 heavy (non-hydrogen) atoms. The van der Waals surface area contributed by atoms with Crippen LogP contribution in [0.15, 0.2) is 24.3 Å². The molecule has 1 aromatic carbocycles. The van der Waals surface area contributed by atoms with E-state index < -0.39 is 0 Å². The third kappa shape index (κ3) is 3.56. The fourth-order valence-corrected chi connectivity index (χ4v) is 2.90. The van der Waals surface area contributed by atoms with Crippen LogP contribution in [-0.4, -0.2) is 24.5 Å². The highest BCUT2D eigenvalue weighted by molar-refractivity contribution is 5.24. The van der Waals surface area contributed by atoms with Crippen molar-refractivity contribution < 1.29 is 0 Å². The Kier molecular flexibility index (Phi) is 4.08. The van der Waals surface area contributed by atoms with Crippen LogP contribution < -0.4 is 5.73 Å². The van der Waals surface area contributed by atoms with E-state index in [0.29, 0.717) is 5.41 Å². The Morgan fingerprint density at radius 3 is 2.56 bits per heavy atom. The molecule has 2 heteroatoms. The summed E-state index contributed by atoms with van der Waals surface area (Å²) >= 11 is 0. The van der Waals surface area contributed by atoms with Gasteiger partial charge in [0.05, 0.1) is 0 Å². The molecule has 1 heterocycles. The van der Waals surface area contributed by atoms with Crippen molar-refractivity contribution >= 4 is 0 Å². The van der Waals surface area contributed by atoms with Crippen LogP contribution in [0.3, 0.4) is 0 Å². The van der Waals surface area contributed by atoms with Crippen LogP contribution in [0.4, 0.5) is 0 Å². The summed E-state index contributed by atoms with van der Waals surface area (Å²) in [6.45, 7) is 10.2. The van der Waals surface area contributed by atoms with E-state index >= 15 is 0 Å². The number of nitrogens with zero attached hydrogens (tertiary/aromatic N) is 1. The van der Waals surface area contributed by atoms with Crippen molar-refractivity contribution in [3.8, 4) is 0 Å². The van der Waals surface area contributed by atoms with Crippen molar-refractivity contribution in [1.29, 1.82) is 0 Å². The molecule has 2 rings (SSSR count). The highest BCUT2D eigenvalue weighted by Gasteiger charge is 2.27. The Labute approximate surface area is 111 Å². The van der Waals surface area contributed by atoms with E-state index in [9.17, 15) is 0 Å². The number of nitrogens with two attached hydrogens (primary N) is 1. The third-order valence-corrected chi connectivity index (χ3v) is 3.94. The van der Waals surface area contributed by atoms with Gasteiger partial charge in [-0.3, -0.25) is 0 Å². The summed E-state index contributed by atoms with van der Waals surface area (Å²) in [5, 5.41) is 0. The van der Waals surface area contributed by atoms with Crippen molar-refractivity contribution in [3.05, 3.63) is 35.4 Å². The summed E-state index contributed by atoms with van der Waals surface area (Å²) in [5.74, 6) is 0. The lowest BCUT2D eigenvalue weighted by molar-refractivity contribution is 0.112. The quantitative estimate of drug-likeness (QED) is 0.888. The zero-order valence-electron chi connectivity index (χ0n) is 11.9. The van der Waals surface area contributed by atoms with Gasteiger partial charge in [-0.1, -0.05) is 43.7 Å². The van der Waals surface area contributed by atoms with Gasteiger partial charge in [0.25, 0.3) is 0 Å². The Hall–Kier alpha value is -0.860. The van der Waals surface area contributed by atoms with Gasteiger partial charge < -0.3 is 10.6 Å². The molecule has 1 unspecified atom stereocenters. The maximum Gasteiger partial charge on any atom is 0.0424 e. The molecule has 100 valence electrons. The largest absolute Gasteiger partial charge is 0.323 e. The standard InChI is InChI=1S/C16H26N2/c1-13-5-7-14(8-6-13)15(17)11-18-10-4-9-16(2,3)12-18/h5-8,15H,4,9-12,17H2,1-3H3. The Bertz CT molecular complexity index is 381. The van der Waals surface area contributed by atoms with Crippen molar-refractivity contribution in [2.75, 3.05) is 19.6 Å². The Balaban J connectivity index is 1.94. The van der Waals surface area contributed by atoms with Gasteiger partial charge in [-0.2, -0.15) is 0 Å². The molecule has 2 N–H and O–H groups in total. The summed E-state index contributed by atoms with van der Waals surface area (Å²) in [6.07, 6.45) is 2.64. The lowest BCUT2D eigenvalue weighted by Crippen LogP contribution is -2.43. The van der Waals surface area contributed by atoms with Gasteiger partial charge in [0.2, 0.25) is 0 Å². The van der Waals surface area contributed by atoms with Crippen LogP contribution in [0.1, 0.15) is 43.9 Å². The van der Waals surface area contributed by atoms with Crippen LogP contribution in [0, 0.1) is 12.3 Å². The molecule has 1 atom stereocenters. The molecular weight excluding hydrogens is 220 g/mol. The molecule has 1 saturated heterocycles. The monoisotopic (exact) mass is 246 g/mol. The molecule has 0 aromatic heterocycles. The molecule has 1 fully saturated rings. The second-order valence-corrected chi connectivity index (χ2v) is 6.52. The minimum Gasteiger partial charge on any atom is -0.323 e. The van der Waals surface area contributed by atoms with E-state index in [1.807, 2.05) is 0 Å². The highest BCUT2D eigenvalue weighted by atomic mass is 15.1. The zero-order chi connectivity index (χ0) is 13.2. The molecule has 0 spiro atoms. The second kappa shape index (κ2) is 5.41. The molecule has 0 aliphatic carbocycles. The van der Waals surface area contributed by atoms with E-state index in [1.54, 1.807) is 0 Å². The van der Waals surface area contributed by atoms with E-state index in [4.69, 9.17) is 5.73 Å². The van der Waals surface area contributed by atoms with Gasteiger partial charge in [0, 0.05) is 19.1 Å². The van der Waals surface area contributed by atoms with Crippen molar-refractivity contribution in [2.24, 2.45) is 11.1 Å². The van der Waals surface area contributed by atoms with Crippen molar-refractivity contribution in [3.63, 3.8) is 0 Å². The summed E-state index contributed by atoms with van der Waals surface area (Å²) in [6, 6.07) is 8.76. The van der Waals surface area contributed by atoms with Gasteiger partial charge >= 0.3 is 0 Å². The summed E-state index contributed by atoms with van der Waals surface area (Å²) < 4.78 is 0. The van der Waals surface area contributed by atoms with Gasteiger partial charge in [-0.25, -0.2) is 0 Å². The predicted octanol–water partition coefficient (Wildman–Crippen LogP) is 3.12. The predicted molar refractivity (Wildman–Crippen MR) is 77.6 cm³/mol. The number of piperidine rings is 1. The lowest BCUT2D eigenvalue weighted by atomic mass is 9.84. The van der Waals surface area contributed by atoms with Crippen LogP contribution in [0.2, 0.25) is 0 Å². The first kappa shape index (κ1) is 13.6. The number of rotatable bonds is 3.